The van der Waals surface area contributed by atoms with Crippen molar-refractivity contribution in [2.75, 3.05) is 58.7 Å². The first-order valence-electron chi connectivity index (χ1n) is 15.5. The first kappa shape index (κ1) is 28.7. The van der Waals surface area contributed by atoms with Crippen LogP contribution in [0.15, 0.2) is 24.3 Å². The van der Waals surface area contributed by atoms with Gasteiger partial charge in [-0.05, 0) is 70.6 Å². The summed E-state index contributed by atoms with van der Waals surface area (Å²) in [7, 11) is 3.66. The van der Waals surface area contributed by atoms with Crippen LogP contribution in [0.1, 0.15) is 78.6 Å². The van der Waals surface area contributed by atoms with E-state index in [0.29, 0.717) is 30.5 Å². The van der Waals surface area contributed by atoms with E-state index in [4.69, 9.17) is 0 Å². The molecular formula is C33H47N5O2S. The molecule has 2 bridgehead atoms. The van der Waals surface area contributed by atoms with Gasteiger partial charge in [0.05, 0.1) is 23.0 Å². The Kier molecular flexibility index (Phi) is 7.70. The molecule has 2 atom stereocenters. The number of carbonyl (C=O) groups is 2. The number of carbonyl (C=O) groups excluding carboxylic acids is 2. The maximum atomic E-state index is 13.9. The van der Waals surface area contributed by atoms with E-state index in [0.717, 1.165) is 32.7 Å². The molecule has 0 radical (unpaired) electrons. The number of rotatable bonds is 7. The second kappa shape index (κ2) is 11.0. The van der Waals surface area contributed by atoms with E-state index >= 15 is 0 Å². The van der Waals surface area contributed by atoms with Gasteiger partial charge in [-0.2, -0.15) is 0 Å². The molecule has 2 amide bonds. The molecule has 8 heteroatoms. The van der Waals surface area contributed by atoms with Gasteiger partial charge in [0.15, 0.2) is 0 Å². The minimum absolute atomic E-state index is 0.169. The summed E-state index contributed by atoms with van der Waals surface area (Å²) in [6.45, 7) is 13.9. The Labute approximate surface area is 249 Å². The fourth-order valence-corrected chi connectivity index (χ4v) is 8.91. The lowest BCUT2D eigenvalue weighted by molar-refractivity contribution is -0.137. The van der Waals surface area contributed by atoms with Crippen LogP contribution in [-0.2, 0) is 15.0 Å². The molecule has 6 rings (SSSR count). The molecular weight excluding hydrogens is 530 g/mol. The normalized spacial score (nSPS) is 26.3. The second-order valence-electron chi connectivity index (χ2n) is 13.7. The zero-order valence-corrected chi connectivity index (χ0v) is 26.5. The first-order valence-corrected chi connectivity index (χ1v) is 16.3. The monoisotopic (exact) mass is 577 g/mol. The van der Waals surface area contributed by atoms with Gasteiger partial charge in [0.1, 0.15) is 0 Å². The van der Waals surface area contributed by atoms with Crippen LogP contribution in [0, 0.1) is 13.8 Å². The number of piperazine rings is 1. The van der Waals surface area contributed by atoms with Crippen LogP contribution in [0.3, 0.4) is 0 Å². The van der Waals surface area contributed by atoms with Crippen LogP contribution in [0.25, 0.3) is 0 Å². The summed E-state index contributed by atoms with van der Waals surface area (Å²) >= 11 is 1.79. The van der Waals surface area contributed by atoms with Gasteiger partial charge in [-0.15, -0.1) is 11.3 Å². The minimum atomic E-state index is -0.521. The predicted octanol–water partition coefficient (Wildman–Crippen LogP) is 4.75. The van der Waals surface area contributed by atoms with Crippen molar-refractivity contribution in [3.8, 4) is 0 Å². The average molecular weight is 578 g/mol. The Morgan fingerprint density at radius 1 is 0.927 bits per heavy atom. The van der Waals surface area contributed by atoms with Crippen molar-refractivity contribution in [2.45, 2.75) is 82.8 Å². The number of aryl methyl sites for hydroxylation is 2. The number of anilines is 1. The fraction of sp³-hybridized carbons (Fsp3) is 0.636. The molecule has 2 unspecified atom stereocenters. The Balaban J connectivity index is 1.23. The predicted molar refractivity (Wildman–Crippen MR) is 167 cm³/mol. The van der Waals surface area contributed by atoms with Crippen molar-refractivity contribution in [3.63, 3.8) is 0 Å². The molecule has 2 aromatic rings. The Bertz CT molecular complexity index is 1270. The molecule has 1 N–H and O–H groups in total. The van der Waals surface area contributed by atoms with Crippen LogP contribution in [-0.4, -0.2) is 96.9 Å². The van der Waals surface area contributed by atoms with Gasteiger partial charge in [-0.1, -0.05) is 29.3 Å². The highest BCUT2D eigenvalue weighted by Crippen LogP contribution is 2.52. The maximum Gasteiger partial charge on any atom is 0.236 e. The van der Waals surface area contributed by atoms with Crippen LogP contribution >= 0.6 is 11.3 Å². The number of hydrogen-bond acceptors (Lipinski definition) is 6. The second-order valence-corrected chi connectivity index (χ2v) is 14.8. The lowest BCUT2D eigenvalue weighted by Crippen LogP contribution is -2.50. The number of likely N-dealkylation sites (N-methyl/N-ethyl adjacent to an activating group) is 1. The van der Waals surface area contributed by atoms with Crippen LogP contribution < -0.4 is 5.32 Å². The third-order valence-corrected chi connectivity index (χ3v) is 11.5. The highest BCUT2D eigenvalue weighted by molar-refractivity contribution is 7.16. The molecule has 4 aliphatic rings. The van der Waals surface area contributed by atoms with E-state index in [1.165, 1.54) is 57.8 Å². The molecule has 222 valence electrons. The standard InChI is InChI=1S/C33H47N5O2S/c1-21-15-22(2)17-23(16-21)30-27(19-36-11-13-37(14-12-36)20-29(39)35(5)6)26-18-28(41-31(26)34-30)33(3,4)32(40)38-24-7-8-25(38)10-9-24/h15-18,24-25,27,30,34H,7-14,19-20H2,1-6H3. The molecule has 3 saturated heterocycles. The lowest BCUT2D eigenvalue weighted by atomic mass is 9.85. The van der Waals surface area contributed by atoms with Crippen LogP contribution in [0.4, 0.5) is 5.00 Å². The van der Waals surface area contributed by atoms with E-state index in [-0.39, 0.29) is 11.9 Å². The van der Waals surface area contributed by atoms with E-state index in [9.17, 15) is 9.59 Å². The quantitative estimate of drug-likeness (QED) is 0.515. The Hall–Kier alpha value is -2.42. The third-order valence-electron chi connectivity index (χ3n) is 10.1. The molecule has 4 aliphatic heterocycles. The number of nitrogens with one attached hydrogen (secondary N) is 1. The molecule has 1 aromatic heterocycles. The molecule has 3 fully saturated rings. The zero-order valence-electron chi connectivity index (χ0n) is 25.7. The smallest absolute Gasteiger partial charge is 0.236 e. The largest absolute Gasteiger partial charge is 0.369 e. The van der Waals surface area contributed by atoms with E-state index in [1.807, 2.05) is 14.1 Å². The zero-order chi connectivity index (χ0) is 29.1. The molecule has 0 saturated carbocycles. The number of thiophene rings is 1. The molecule has 41 heavy (non-hydrogen) atoms. The molecule has 5 heterocycles. The van der Waals surface area contributed by atoms with E-state index in [1.54, 1.807) is 16.2 Å². The topological polar surface area (TPSA) is 59.1 Å². The Morgan fingerprint density at radius 3 is 2.10 bits per heavy atom. The molecule has 7 nitrogen and oxygen atoms in total. The third kappa shape index (κ3) is 5.43. The van der Waals surface area contributed by atoms with E-state index < -0.39 is 5.41 Å². The lowest BCUT2D eigenvalue weighted by Gasteiger charge is -2.37. The summed E-state index contributed by atoms with van der Waals surface area (Å²) in [5, 5.41) is 5.16. The number of benzene rings is 1. The summed E-state index contributed by atoms with van der Waals surface area (Å²) in [5.74, 6) is 0.788. The molecule has 0 aliphatic carbocycles. The summed E-state index contributed by atoms with van der Waals surface area (Å²) in [6, 6.07) is 10.4. The van der Waals surface area contributed by atoms with Crippen molar-refractivity contribution in [1.82, 2.24) is 19.6 Å². The van der Waals surface area contributed by atoms with Crippen LogP contribution in [0.2, 0.25) is 0 Å². The maximum absolute atomic E-state index is 13.9. The summed E-state index contributed by atoms with van der Waals surface area (Å²) in [5.41, 5.74) is 4.78. The van der Waals surface area contributed by atoms with Gasteiger partial charge in [0.25, 0.3) is 0 Å². The van der Waals surface area contributed by atoms with Crippen molar-refractivity contribution >= 4 is 28.2 Å². The number of amides is 2. The average Bonchev–Trinajstić information content (AvgIpc) is 3.70. The van der Waals surface area contributed by atoms with Crippen molar-refractivity contribution in [2.24, 2.45) is 0 Å². The van der Waals surface area contributed by atoms with Gasteiger partial charge >= 0.3 is 0 Å². The van der Waals surface area contributed by atoms with Gasteiger partial charge in [-0.3, -0.25) is 14.5 Å². The summed E-state index contributed by atoms with van der Waals surface area (Å²) in [6.07, 6.45) is 4.69. The van der Waals surface area contributed by atoms with Crippen LogP contribution in [0.5, 0.6) is 0 Å². The summed E-state index contributed by atoms with van der Waals surface area (Å²) in [4.78, 5) is 36.2. The highest BCUT2D eigenvalue weighted by atomic mass is 32.1. The number of nitrogens with zero attached hydrogens (tertiary/aromatic N) is 4. The molecule has 0 spiro atoms. The fourth-order valence-electron chi connectivity index (χ4n) is 7.64. The number of fused-ring (bicyclic) bond motifs is 3. The van der Waals surface area contributed by atoms with Crippen molar-refractivity contribution < 1.29 is 9.59 Å². The van der Waals surface area contributed by atoms with Crippen molar-refractivity contribution in [1.29, 1.82) is 0 Å². The van der Waals surface area contributed by atoms with Crippen molar-refractivity contribution in [3.05, 3.63) is 51.4 Å². The molecule has 1 aromatic carbocycles. The Morgan fingerprint density at radius 2 is 1.51 bits per heavy atom. The SMILES string of the molecule is Cc1cc(C)cc(C2Nc3sc(C(C)(C)C(=O)N4C5CCC4CC5)cc3C2CN2CCN(CC(=O)N(C)C)CC2)c1. The van der Waals surface area contributed by atoms with Gasteiger partial charge in [0, 0.05) is 69.7 Å². The van der Waals surface area contributed by atoms with Gasteiger partial charge < -0.3 is 20.0 Å². The highest BCUT2D eigenvalue weighted by Gasteiger charge is 2.48. The number of hydrogen-bond donors (Lipinski definition) is 1. The summed E-state index contributed by atoms with van der Waals surface area (Å²) < 4.78 is 0. The van der Waals surface area contributed by atoms with E-state index in [2.05, 4.69) is 72.0 Å². The minimum Gasteiger partial charge on any atom is -0.369 e. The first-order chi connectivity index (χ1) is 19.5. The van der Waals surface area contributed by atoms with Gasteiger partial charge in [-0.25, -0.2) is 0 Å². The van der Waals surface area contributed by atoms with Gasteiger partial charge in [0.2, 0.25) is 11.8 Å².